The van der Waals surface area contributed by atoms with E-state index < -0.39 is 0 Å². The number of rotatable bonds is 5. The number of carbonyl (C=O) groups is 1. The predicted octanol–water partition coefficient (Wildman–Crippen LogP) is 5.47. The molecule has 1 aromatic heterocycles. The van der Waals surface area contributed by atoms with E-state index in [1.165, 1.54) is 17.7 Å². The maximum absolute atomic E-state index is 13.3. The number of halogens is 1. The Morgan fingerprint density at radius 3 is 2.61 bits per heavy atom. The van der Waals surface area contributed by atoms with Gasteiger partial charge in [0.1, 0.15) is 11.6 Å². The quantitative estimate of drug-likeness (QED) is 0.422. The monoisotopic (exact) mass is 430 g/mol. The molecule has 0 saturated carbocycles. The molecule has 5 rings (SSSR count). The maximum atomic E-state index is 13.3. The third-order valence-electron chi connectivity index (χ3n) is 5.20. The van der Waals surface area contributed by atoms with E-state index in [1.54, 1.807) is 28.4 Å². The lowest BCUT2D eigenvalue weighted by molar-refractivity contribution is -0.121. The Morgan fingerprint density at radius 1 is 1.00 bits per heavy atom. The van der Waals surface area contributed by atoms with Crippen molar-refractivity contribution in [2.24, 2.45) is 0 Å². The van der Waals surface area contributed by atoms with Gasteiger partial charge < -0.3 is 9.64 Å². The molecule has 31 heavy (non-hydrogen) atoms. The van der Waals surface area contributed by atoms with Crippen LogP contribution in [0.15, 0.2) is 78.2 Å². The highest BCUT2D eigenvalue weighted by molar-refractivity contribution is 7.10. The number of hydrogen-bond acceptors (Lipinski definition) is 4. The van der Waals surface area contributed by atoms with Crippen molar-refractivity contribution in [2.75, 3.05) is 11.5 Å². The third-order valence-corrected chi connectivity index (χ3v) is 6.05. The van der Waals surface area contributed by atoms with Crippen LogP contribution in [0, 0.1) is 5.82 Å². The molecule has 0 N–H and O–H groups in total. The highest BCUT2D eigenvalue weighted by Gasteiger charge is 2.26. The molecule has 1 aliphatic heterocycles. The molecular formula is C25H19FN2O2S. The number of anilines is 1. The molecule has 0 atom stereocenters. The normalized spacial score (nSPS) is 13.1. The molecule has 2 heterocycles. The number of hydrogen-bond donors (Lipinski definition) is 0. The largest absolute Gasteiger partial charge is 0.482 e. The van der Waals surface area contributed by atoms with Gasteiger partial charge in [0.2, 0.25) is 0 Å². The fourth-order valence-corrected chi connectivity index (χ4v) is 4.44. The minimum Gasteiger partial charge on any atom is -0.482 e. The van der Waals surface area contributed by atoms with Gasteiger partial charge in [-0.15, -0.1) is 11.3 Å². The molecule has 0 saturated heterocycles. The number of aromatic nitrogens is 1. The van der Waals surface area contributed by atoms with Crippen LogP contribution in [0.3, 0.4) is 0 Å². The summed E-state index contributed by atoms with van der Waals surface area (Å²) in [4.78, 5) is 19.1. The lowest BCUT2D eigenvalue weighted by Crippen LogP contribution is -2.38. The zero-order valence-electron chi connectivity index (χ0n) is 16.6. The molecule has 0 radical (unpaired) electrons. The van der Waals surface area contributed by atoms with Crippen LogP contribution >= 0.6 is 11.3 Å². The van der Waals surface area contributed by atoms with E-state index in [4.69, 9.17) is 9.72 Å². The van der Waals surface area contributed by atoms with E-state index in [9.17, 15) is 9.18 Å². The summed E-state index contributed by atoms with van der Waals surface area (Å²) in [5.41, 5.74) is 4.58. The Balaban J connectivity index is 1.43. The first-order chi connectivity index (χ1) is 15.2. The van der Waals surface area contributed by atoms with Crippen molar-refractivity contribution >= 4 is 22.9 Å². The first-order valence-electron chi connectivity index (χ1n) is 9.96. The van der Waals surface area contributed by atoms with E-state index in [0.29, 0.717) is 18.0 Å². The van der Waals surface area contributed by atoms with Crippen LogP contribution in [0.4, 0.5) is 10.1 Å². The molecule has 1 aliphatic rings. The fraction of sp³-hybridized carbons (Fsp3) is 0.120. The third kappa shape index (κ3) is 4.20. The van der Waals surface area contributed by atoms with Gasteiger partial charge in [-0.05, 0) is 41.5 Å². The number of ether oxygens (including phenoxy) is 1. The maximum Gasteiger partial charge on any atom is 0.265 e. The van der Waals surface area contributed by atoms with Crippen LogP contribution in [0.2, 0.25) is 0 Å². The number of fused-ring (bicyclic) bond motifs is 1. The van der Waals surface area contributed by atoms with Gasteiger partial charge in [-0.25, -0.2) is 9.37 Å². The van der Waals surface area contributed by atoms with Gasteiger partial charge in [-0.2, -0.15) is 0 Å². The number of amides is 1. The van der Waals surface area contributed by atoms with E-state index in [0.717, 1.165) is 28.2 Å². The van der Waals surface area contributed by atoms with Gasteiger partial charge in [-0.3, -0.25) is 4.79 Å². The minimum atomic E-state index is -0.297. The van der Waals surface area contributed by atoms with Crippen LogP contribution in [0.25, 0.3) is 11.3 Å². The average molecular weight is 431 g/mol. The molecule has 1 amide bonds. The molecule has 6 heteroatoms. The van der Waals surface area contributed by atoms with Gasteiger partial charge in [-0.1, -0.05) is 42.5 Å². The van der Waals surface area contributed by atoms with Crippen molar-refractivity contribution in [1.29, 1.82) is 0 Å². The van der Waals surface area contributed by atoms with E-state index in [1.807, 2.05) is 41.8 Å². The molecule has 0 fully saturated rings. The summed E-state index contributed by atoms with van der Waals surface area (Å²) in [6.07, 6.45) is 0.786. The molecule has 4 aromatic rings. The van der Waals surface area contributed by atoms with Crippen LogP contribution in [-0.2, 0) is 17.8 Å². The Kier molecular flexibility index (Phi) is 5.22. The number of nitrogens with zero attached hydrogens (tertiary/aromatic N) is 2. The van der Waals surface area contributed by atoms with E-state index >= 15 is 0 Å². The highest BCUT2D eigenvalue weighted by Crippen LogP contribution is 2.37. The molecular weight excluding hydrogens is 411 g/mol. The topological polar surface area (TPSA) is 42.4 Å². The second kappa shape index (κ2) is 8.32. The van der Waals surface area contributed by atoms with Crippen molar-refractivity contribution in [3.05, 3.63) is 100 Å². The smallest absolute Gasteiger partial charge is 0.265 e. The fourth-order valence-electron chi connectivity index (χ4n) is 3.60. The van der Waals surface area contributed by atoms with Gasteiger partial charge in [0.25, 0.3) is 5.91 Å². The Bertz CT molecular complexity index is 1220. The molecule has 0 unspecified atom stereocenters. The summed E-state index contributed by atoms with van der Waals surface area (Å²) in [5, 5.41) is 3.07. The lowest BCUT2D eigenvalue weighted by Gasteiger charge is -2.30. The summed E-state index contributed by atoms with van der Waals surface area (Å²) < 4.78 is 18.9. The van der Waals surface area contributed by atoms with Crippen molar-refractivity contribution in [2.45, 2.75) is 13.0 Å². The van der Waals surface area contributed by atoms with Gasteiger partial charge >= 0.3 is 0 Å². The molecule has 154 valence electrons. The van der Waals surface area contributed by atoms with E-state index in [2.05, 4.69) is 12.1 Å². The Hall–Kier alpha value is -3.51. The van der Waals surface area contributed by atoms with Gasteiger partial charge in [0.05, 0.1) is 22.9 Å². The van der Waals surface area contributed by atoms with E-state index in [-0.39, 0.29) is 18.3 Å². The Labute approximate surface area is 183 Å². The second-order valence-electron chi connectivity index (χ2n) is 7.37. The van der Waals surface area contributed by atoms with Crippen LogP contribution < -0.4 is 9.64 Å². The highest BCUT2D eigenvalue weighted by atomic mass is 32.1. The van der Waals surface area contributed by atoms with Crippen LogP contribution in [0.5, 0.6) is 5.75 Å². The zero-order valence-corrected chi connectivity index (χ0v) is 17.4. The molecule has 4 nitrogen and oxygen atoms in total. The molecule has 3 aromatic carbocycles. The molecule has 0 aliphatic carbocycles. The van der Waals surface area contributed by atoms with Crippen molar-refractivity contribution in [1.82, 2.24) is 4.98 Å². The van der Waals surface area contributed by atoms with Gasteiger partial charge in [0, 0.05) is 17.4 Å². The predicted molar refractivity (Wildman–Crippen MR) is 120 cm³/mol. The SMILES string of the molecule is O=C1COc2ccc(-c3csc(Cc4ccccc4)n3)cc2N1Cc1ccc(F)cc1. The summed E-state index contributed by atoms with van der Waals surface area (Å²) in [5.74, 6) is 0.233. The first-order valence-corrected chi connectivity index (χ1v) is 10.8. The number of thiazole rings is 1. The van der Waals surface area contributed by atoms with Crippen molar-refractivity contribution in [3.8, 4) is 17.0 Å². The zero-order chi connectivity index (χ0) is 21.2. The van der Waals surface area contributed by atoms with Crippen molar-refractivity contribution in [3.63, 3.8) is 0 Å². The summed E-state index contributed by atoms with van der Waals surface area (Å²) in [7, 11) is 0. The minimum absolute atomic E-state index is 0.00847. The van der Waals surface area contributed by atoms with Crippen LogP contribution in [-0.4, -0.2) is 17.5 Å². The van der Waals surface area contributed by atoms with Crippen LogP contribution in [0.1, 0.15) is 16.1 Å². The number of benzene rings is 3. The van der Waals surface area contributed by atoms with Crippen molar-refractivity contribution < 1.29 is 13.9 Å². The standard InChI is InChI=1S/C25H19FN2O2S/c26-20-9-6-18(7-10-20)14-28-22-13-19(8-11-23(22)30-15-25(28)29)21-16-31-24(27-21)12-17-4-2-1-3-5-17/h1-11,13,16H,12,14-15H2. The summed E-state index contributed by atoms with van der Waals surface area (Å²) in [6.45, 7) is 0.348. The second-order valence-corrected chi connectivity index (χ2v) is 8.31. The lowest BCUT2D eigenvalue weighted by atomic mass is 10.1. The summed E-state index contributed by atoms with van der Waals surface area (Å²) >= 11 is 1.62. The molecule has 0 bridgehead atoms. The first kappa shape index (κ1) is 19.5. The average Bonchev–Trinajstić information content (AvgIpc) is 3.26. The number of carbonyl (C=O) groups excluding carboxylic acids is 1. The Morgan fingerprint density at radius 2 is 1.81 bits per heavy atom. The summed E-state index contributed by atoms with van der Waals surface area (Å²) in [6, 6.07) is 22.2. The molecule has 0 spiro atoms. The van der Waals surface area contributed by atoms with Gasteiger partial charge in [0.15, 0.2) is 6.61 Å².